The number of nitrogens with zero attached hydrogens (tertiary/aromatic N) is 7. The van der Waals surface area contributed by atoms with Crippen molar-refractivity contribution in [2.75, 3.05) is 31.1 Å². The van der Waals surface area contributed by atoms with Crippen LogP contribution in [0.2, 0.25) is 0 Å². The van der Waals surface area contributed by atoms with Gasteiger partial charge in [-0.25, -0.2) is 24.9 Å². The molecule has 166 valence electrons. The summed E-state index contributed by atoms with van der Waals surface area (Å²) in [5, 5.41) is 3.37. The lowest BCUT2D eigenvalue weighted by atomic mass is 10.2. The smallest absolute Gasteiger partial charge is 0.178 e. The lowest BCUT2D eigenvalue weighted by molar-refractivity contribution is 0.588. The van der Waals surface area contributed by atoms with E-state index in [1.54, 1.807) is 12.4 Å². The van der Waals surface area contributed by atoms with Crippen molar-refractivity contribution in [2.45, 2.75) is 19.8 Å². The molecule has 0 unspecified atom stereocenters. The van der Waals surface area contributed by atoms with Crippen LogP contribution in [-0.4, -0.2) is 56.1 Å². The summed E-state index contributed by atoms with van der Waals surface area (Å²) < 4.78 is 0. The Morgan fingerprint density at radius 3 is 2.39 bits per heavy atom. The Morgan fingerprint density at radius 1 is 0.788 bits per heavy atom. The van der Waals surface area contributed by atoms with Gasteiger partial charge in [-0.2, -0.15) is 0 Å². The Bertz CT molecular complexity index is 1220. The zero-order valence-electron chi connectivity index (χ0n) is 18.6. The van der Waals surface area contributed by atoms with Gasteiger partial charge in [0, 0.05) is 56.4 Å². The number of hydrogen-bond acceptors (Lipinski definition) is 8. The van der Waals surface area contributed by atoms with E-state index in [1.807, 2.05) is 43.5 Å². The molecule has 0 aromatic carbocycles. The van der Waals surface area contributed by atoms with Crippen LogP contribution in [0, 0.1) is 6.92 Å². The van der Waals surface area contributed by atoms with E-state index in [-0.39, 0.29) is 0 Å². The number of pyridine rings is 2. The highest BCUT2D eigenvalue weighted by atomic mass is 15.2. The molecule has 0 atom stereocenters. The second-order valence-corrected chi connectivity index (χ2v) is 8.10. The fourth-order valence-electron chi connectivity index (χ4n) is 3.89. The highest BCUT2D eigenvalue weighted by Gasteiger charge is 2.11. The van der Waals surface area contributed by atoms with E-state index in [0.717, 1.165) is 66.2 Å². The van der Waals surface area contributed by atoms with Gasteiger partial charge in [0.05, 0.1) is 29.7 Å². The first kappa shape index (κ1) is 21.1. The molecule has 8 heteroatoms. The van der Waals surface area contributed by atoms with Crippen molar-refractivity contribution in [3.63, 3.8) is 0 Å². The second kappa shape index (κ2) is 9.79. The maximum absolute atomic E-state index is 4.75. The van der Waals surface area contributed by atoms with E-state index in [4.69, 9.17) is 9.97 Å². The molecular weight excluding hydrogens is 412 g/mol. The molecule has 4 aromatic rings. The van der Waals surface area contributed by atoms with Crippen molar-refractivity contribution in [3.8, 4) is 11.5 Å². The van der Waals surface area contributed by atoms with Gasteiger partial charge < -0.3 is 10.2 Å². The van der Waals surface area contributed by atoms with E-state index < -0.39 is 0 Å². The summed E-state index contributed by atoms with van der Waals surface area (Å²) in [6.45, 7) is 6.01. The van der Waals surface area contributed by atoms with Crippen molar-refractivity contribution in [3.05, 3.63) is 89.7 Å². The van der Waals surface area contributed by atoms with Gasteiger partial charge in [-0.1, -0.05) is 6.07 Å². The van der Waals surface area contributed by atoms with Gasteiger partial charge in [0.25, 0.3) is 0 Å². The first-order valence-corrected chi connectivity index (χ1v) is 11.2. The van der Waals surface area contributed by atoms with Crippen LogP contribution in [0.5, 0.6) is 0 Å². The summed E-state index contributed by atoms with van der Waals surface area (Å²) >= 11 is 0. The topological polar surface area (TPSA) is 92.6 Å². The number of nitrogens with one attached hydrogen (secondary N) is 1. The van der Waals surface area contributed by atoms with Gasteiger partial charge in [-0.15, -0.1) is 0 Å². The molecule has 0 aliphatic carbocycles. The van der Waals surface area contributed by atoms with Crippen LogP contribution in [0.3, 0.4) is 0 Å². The van der Waals surface area contributed by atoms with Crippen LogP contribution in [0.4, 0.5) is 5.69 Å². The Labute approximate surface area is 193 Å². The molecular formula is C25H26N8. The maximum atomic E-state index is 4.75. The minimum absolute atomic E-state index is 0.595. The molecule has 0 radical (unpaired) electrons. The summed E-state index contributed by atoms with van der Waals surface area (Å²) in [5.41, 5.74) is 5.65. The lowest BCUT2D eigenvalue weighted by Crippen LogP contribution is -2.43. The summed E-state index contributed by atoms with van der Waals surface area (Å²) in [4.78, 5) is 29.8. The molecule has 5 rings (SSSR count). The SMILES string of the molecule is Cc1cccc(-c2nccc(Cc3ccnc(Cc4ccc(N5CCNCC5)cn4)n3)n2)n1. The normalized spacial score (nSPS) is 13.8. The molecule has 1 fully saturated rings. The number of anilines is 1. The van der Waals surface area contributed by atoms with E-state index in [2.05, 4.69) is 42.3 Å². The van der Waals surface area contributed by atoms with Crippen LogP contribution >= 0.6 is 0 Å². The summed E-state index contributed by atoms with van der Waals surface area (Å²) in [6, 6.07) is 13.9. The van der Waals surface area contributed by atoms with Crippen molar-refractivity contribution < 1.29 is 0 Å². The molecule has 1 saturated heterocycles. The zero-order chi connectivity index (χ0) is 22.5. The van der Waals surface area contributed by atoms with Crippen LogP contribution in [0.25, 0.3) is 11.5 Å². The first-order valence-electron chi connectivity index (χ1n) is 11.2. The summed E-state index contributed by atoms with van der Waals surface area (Å²) in [7, 11) is 0. The van der Waals surface area contributed by atoms with Gasteiger partial charge in [0.1, 0.15) is 11.5 Å². The van der Waals surface area contributed by atoms with Crippen LogP contribution in [-0.2, 0) is 12.8 Å². The van der Waals surface area contributed by atoms with Crippen LogP contribution < -0.4 is 10.2 Å². The second-order valence-electron chi connectivity index (χ2n) is 8.10. The average Bonchev–Trinajstić information content (AvgIpc) is 2.85. The van der Waals surface area contributed by atoms with Crippen LogP contribution in [0.1, 0.15) is 28.6 Å². The van der Waals surface area contributed by atoms with E-state index in [9.17, 15) is 0 Å². The van der Waals surface area contributed by atoms with E-state index >= 15 is 0 Å². The Morgan fingerprint density at radius 2 is 1.61 bits per heavy atom. The standard InChI is InChI=1S/C25H26N8/c1-18-3-2-4-23(30-18)25-28-10-8-21(32-25)15-20-7-9-27-24(31-20)16-19-5-6-22(17-29-19)33-13-11-26-12-14-33/h2-10,17,26H,11-16H2,1H3. The van der Waals surface area contributed by atoms with Crippen molar-refractivity contribution >= 4 is 5.69 Å². The third kappa shape index (κ3) is 5.35. The van der Waals surface area contributed by atoms with Gasteiger partial charge in [0.2, 0.25) is 0 Å². The summed E-state index contributed by atoms with van der Waals surface area (Å²) in [5.74, 6) is 1.38. The van der Waals surface area contributed by atoms with Gasteiger partial charge in [-0.05, 0) is 43.3 Å². The fraction of sp³-hybridized carbons (Fsp3) is 0.280. The lowest BCUT2D eigenvalue weighted by Gasteiger charge is -2.29. The molecule has 33 heavy (non-hydrogen) atoms. The monoisotopic (exact) mass is 438 g/mol. The summed E-state index contributed by atoms with van der Waals surface area (Å²) in [6.07, 6.45) is 6.72. The Hall–Kier alpha value is -3.78. The number of aryl methyl sites for hydroxylation is 1. The Kier molecular flexibility index (Phi) is 6.25. The minimum Gasteiger partial charge on any atom is -0.368 e. The molecule has 1 aliphatic rings. The predicted molar refractivity (Wildman–Crippen MR) is 127 cm³/mol. The highest BCUT2D eigenvalue weighted by molar-refractivity contribution is 5.49. The van der Waals surface area contributed by atoms with Crippen LogP contribution in [0.15, 0.2) is 61.1 Å². The first-order chi connectivity index (χ1) is 16.2. The highest BCUT2D eigenvalue weighted by Crippen LogP contribution is 2.16. The molecule has 1 aliphatic heterocycles. The van der Waals surface area contributed by atoms with Gasteiger partial charge in [-0.3, -0.25) is 4.98 Å². The maximum Gasteiger partial charge on any atom is 0.178 e. The third-order valence-corrected chi connectivity index (χ3v) is 5.59. The molecule has 1 N–H and O–H groups in total. The van der Waals surface area contributed by atoms with Crippen molar-refractivity contribution in [1.29, 1.82) is 0 Å². The van der Waals surface area contributed by atoms with Gasteiger partial charge >= 0.3 is 0 Å². The van der Waals surface area contributed by atoms with E-state index in [1.165, 1.54) is 0 Å². The van der Waals surface area contributed by atoms with E-state index in [0.29, 0.717) is 18.7 Å². The number of hydrogen-bond donors (Lipinski definition) is 1. The molecule has 0 saturated carbocycles. The molecule has 5 heterocycles. The molecule has 4 aromatic heterocycles. The molecule has 0 amide bonds. The van der Waals surface area contributed by atoms with Crippen molar-refractivity contribution in [1.82, 2.24) is 35.2 Å². The number of rotatable bonds is 6. The minimum atomic E-state index is 0.595. The predicted octanol–water partition coefficient (Wildman–Crippen LogP) is 2.62. The Balaban J connectivity index is 1.27. The number of piperazine rings is 1. The molecule has 0 bridgehead atoms. The third-order valence-electron chi connectivity index (χ3n) is 5.59. The molecule has 8 nitrogen and oxygen atoms in total. The number of aromatic nitrogens is 6. The quantitative estimate of drug-likeness (QED) is 0.491. The zero-order valence-corrected chi connectivity index (χ0v) is 18.6. The fourth-order valence-corrected chi connectivity index (χ4v) is 3.89. The average molecular weight is 439 g/mol. The van der Waals surface area contributed by atoms with Crippen molar-refractivity contribution in [2.24, 2.45) is 0 Å². The largest absolute Gasteiger partial charge is 0.368 e. The molecule has 0 spiro atoms. The van der Waals surface area contributed by atoms with Gasteiger partial charge in [0.15, 0.2) is 5.82 Å².